The van der Waals surface area contributed by atoms with Crippen molar-refractivity contribution < 1.29 is 9.90 Å². The smallest absolute Gasteiger partial charge is 0.307 e. The maximum Gasteiger partial charge on any atom is 0.307 e. The lowest BCUT2D eigenvalue weighted by atomic mass is 10.2. The van der Waals surface area contributed by atoms with Gasteiger partial charge in [-0.25, -0.2) is 9.97 Å². The fraction of sp³-hybridized carbons (Fsp3) is 0.235. The highest BCUT2D eigenvalue weighted by Crippen LogP contribution is 2.41. The SMILES string of the molecule is CCC1=C(Br)c2c(Cl)nc(Sc3cccc(CC(=O)O)c3)nc2C1. The Morgan fingerprint density at radius 1 is 1.42 bits per heavy atom. The van der Waals surface area contributed by atoms with Crippen LogP contribution >= 0.6 is 39.3 Å². The van der Waals surface area contributed by atoms with E-state index in [-0.39, 0.29) is 6.42 Å². The number of carbonyl (C=O) groups is 1. The normalized spacial score (nSPS) is 13.3. The zero-order chi connectivity index (χ0) is 17.3. The number of allylic oxidation sites excluding steroid dienone is 1. The summed E-state index contributed by atoms with van der Waals surface area (Å²) in [5.74, 6) is -0.850. The second kappa shape index (κ2) is 7.25. The highest BCUT2D eigenvalue weighted by Gasteiger charge is 2.24. The van der Waals surface area contributed by atoms with Crippen molar-refractivity contribution in [1.82, 2.24) is 9.97 Å². The predicted molar refractivity (Wildman–Crippen MR) is 98.8 cm³/mol. The lowest BCUT2D eigenvalue weighted by Crippen LogP contribution is -2.00. The molecule has 1 aromatic heterocycles. The van der Waals surface area contributed by atoms with Gasteiger partial charge in [0.2, 0.25) is 0 Å². The van der Waals surface area contributed by atoms with Crippen LogP contribution in [0.3, 0.4) is 0 Å². The van der Waals surface area contributed by atoms with Crippen LogP contribution in [0.4, 0.5) is 0 Å². The average molecular weight is 426 g/mol. The third-order valence-electron chi connectivity index (χ3n) is 3.72. The van der Waals surface area contributed by atoms with Gasteiger partial charge in [-0.2, -0.15) is 0 Å². The minimum atomic E-state index is -0.850. The van der Waals surface area contributed by atoms with Crippen LogP contribution in [0.15, 0.2) is 39.9 Å². The van der Waals surface area contributed by atoms with Gasteiger partial charge in [0, 0.05) is 21.4 Å². The van der Waals surface area contributed by atoms with E-state index in [4.69, 9.17) is 16.7 Å². The molecule has 124 valence electrons. The topological polar surface area (TPSA) is 63.1 Å². The fourth-order valence-corrected chi connectivity index (χ4v) is 4.73. The minimum Gasteiger partial charge on any atom is -0.481 e. The highest BCUT2D eigenvalue weighted by molar-refractivity contribution is 9.15. The quantitative estimate of drug-likeness (QED) is 0.540. The van der Waals surface area contributed by atoms with E-state index in [1.165, 1.54) is 17.3 Å². The van der Waals surface area contributed by atoms with Crippen LogP contribution in [-0.2, 0) is 17.6 Å². The molecular formula is C17H14BrClN2O2S. The lowest BCUT2D eigenvalue weighted by molar-refractivity contribution is -0.136. The molecule has 0 atom stereocenters. The Hall–Kier alpha value is -1.37. The average Bonchev–Trinajstić information content (AvgIpc) is 2.83. The largest absolute Gasteiger partial charge is 0.481 e. The van der Waals surface area contributed by atoms with Gasteiger partial charge in [-0.05, 0) is 41.5 Å². The number of hydrogen-bond acceptors (Lipinski definition) is 4. The first-order valence-electron chi connectivity index (χ1n) is 7.40. The van der Waals surface area contributed by atoms with E-state index >= 15 is 0 Å². The molecule has 0 spiro atoms. The monoisotopic (exact) mass is 424 g/mol. The molecule has 0 fully saturated rings. The standard InChI is InChI=1S/C17H14BrClN2O2S/c1-2-10-8-12-14(15(10)18)16(19)21-17(20-12)24-11-5-3-4-9(6-11)7-13(22)23/h3-6H,2,7-8H2,1H3,(H,22,23). The summed E-state index contributed by atoms with van der Waals surface area (Å²) in [4.78, 5) is 20.8. The first kappa shape index (κ1) is 17.5. The van der Waals surface area contributed by atoms with Crippen LogP contribution in [0.2, 0.25) is 5.15 Å². The second-order valence-corrected chi connectivity index (χ2v) is 7.58. The number of aliphatic carboxylic acids is 1. The molecule has 0 saturated heterocycles. The molecular weight excluding hydrogens is 412 g/mol. The molecule has 1 aromatic carbocycles. The Morgan fingerprint density at radius 3 is 2.92 bits per heavy atom. The molecule has 0 saturated carbocycles. The van der Waals surface area contributed by atoms with Gasteiger partial charge in [0.1, 0.15) is 5.15 Å². The third-order valence-corrected chi connectivity index (χ3v) is 5.81. The van der Waals surface area contributed by atoms with Gasteiger partial charge in [0.15, 0.2) is 5.16 Å². The van der Waals surface area contributed by atoms with Gasteiger partial charge in [-0.1, -0.05) is 46.6 Å². The van der Waals surface area contributed by atoms with Crippen LogP contribution in [0.5, 0.6) is 0 Å². The number of carboxylic acid groups (broad SMARTS) is 1. The molecule has 3 rings (SSSR count). The van der Waals surface area contributed by atoms with E-state index in [0.717, 1.165) is 39.0 Å². The summed E-state index contributed by atoms with van der Waals surface area (Å²) in [6.45, 7) is 2.10. The number of aromatic nitrogens is 2. The summed E-state index contributed by atoms with van der Waals surface area (Å²) >= 11 is 11.3. The fourth-order valence-electron chi connectivity index (χ4n) is 2.58. The van der Waals surface area contributed by atoms with Crippen molar-refractivity contribution in [3.63, 3.8) is 0 Å². The summed E-state index contributed by atoms with van der Waals surface area (Å²) < 4.78 is 1.00. The summed E-state index contributed by atoms with van der Waals surface area (Å²) in [5.41, 5.74) is 3.84. The van der Waals surface area contributed by atoms with Crippen LogP contribution < -0.4 is 0 Å². The van der Waals surface area contributed by atoms with Gasteiger partial charge >= 0.3 is 5.97 Å². The molecule has 1 aliphatic carbocycles. The molecule has 2 aromatic rings. The molecule has 1 N–H and O–H groups in total. The molecule has 24 heavy (non-hydrogen) atoms. The number of nitrogens with zero attached hydrogens (tertiary/aromatic N) is 2. The Balaban J connectivity index is 1.86. The van der Waals surface area contributed by atoms with Crippen molar-refractivity contribution in [2.75, 3.05) is 0 Å². The minimum absolute atomic E-state index is 0.00305. The van der Waals surface area contributed by atoms with E-state index in [2.05, 4.69) is 32.8 Å². The number of carboxylic acids is 1. The number of fused-ring (bicyclic) bond motifs is 1. The van der Waals surface area contributed by atoms with Crippen LogP contribution in [0.1, 0.15) is 30.2 Å². The lowest BCUT2D eigenvalue weighted by Gasteiger charge is -2.07. The molecule has 0 aliphatic heterocycles. The first-order chi connectivity index (χ1) is 11.5. The van der Waals surface area contributed by atoms with Gasteiger partial charge in [0.05, 0.1) is 12.1 Å². The first-order valence-corrected chi connectivity index (χ1v) is 9.39. The van der Waals surface area contributed by atoms with E-state index in [1.807, 2.05) is 18.2 Å². The van der Waals surface area contributed by atoms with Crippen molar-refractivity contribution in [2.24, 2.45) is 0 Å². The van der Waals surface area contributed by atoms with E-state index in [9.17, 15) is 4.79 Å². The third kappa shape index (κ3) is 3.66. The molecule has 4 nitrogen and oxygen atoms in total. The van der Waals surface area contributed by atoms with Crippen molar-refractivity contribution >= 4 is 49.7 Å². The number of benzene rings is 1. The summed E-state index contributed by atoms with van der Waals surface area (Å²) in [5, 5.41) is 9.92. The molecule has 7 heteroatoms. The van der Waals surface area contributed by atoms with Crippen molar-refractivity contribution in [2.45, 2.75) is 36.2 Å². The van der Waals surface area contributed by atoms with Crippen molar-refractivity contribution in [1.29, 1.82) is 0 Å². The van der Waals surface area contributed by atoms with Crippen molar-refractivity contribution in [3.8, 4) is 0 Å². The van der Waals surface area contributed by atoms with Crippen LogP contribution in [0.25, 0.3) is 4.48 Å². The van der Waals surface area contributed by atoms with Gasteiger partial charge in [-0.15, -0.1) is 0 Å². The van der Waals surface area contributed by atoms with Crippen LogP contribution in [0, 0.1) is 0 Å². The zero-order valence-corrected chi connectivity index (χ0v) is 16.0. The summed E-state index contributed by atoms with van der Waals surface area (Å²) in [6.07, 6.45) is 1.71. The zero-order valence-electron chi connectivity index (χ0n) is 12.8. The number of hydrogen-bond donors (Lipinski definition) is 1. The van der Waals surface area contributed by atoms with Crippen molar-refractivity contribution in [3.05, 3.63) is 51.8 Å². The van der Waals surface area contributed by atoms with E-state index < -0.39 is 5.97 Å². The maximum atomic E-state index is 10.8. The Labute approximate surface area is 157 Å². The number of halogens is 2. The van der Waals surface area contributed by atoms with Crippen LogP contribution in [-0.4, -0.2) is 21.0 Å². The van der Waals surface area contributed by atoms with Gasteiger partial charge in [-0.3, -0.25) is 4.79 Å². The molecule has 1 aliphatic rings. The molecule has 0 unspecified atom stereocenters. The maximum absolute atomic E-state index is 10.8. The van der Waals surface area contributed by atoms with E-state index in [0.29, 0.717) is 10.3 Å². The molecule has 1 heterocycles. The Bertz CT molecular complexity index is 854. The molecule has 0 radical (unpaired) electrons. The summed E-state index contributed by atoms with van der Waals surface area (Å²) in [6, 6.07) is 7.38. The van der Waals surface area contributed by atoms with Gasteiger partial charge < -0.3 is 5.11 Å². The Morgan fingerprint density at radius 2 is 2.21 bits per heavy atom. The van der Waals surface area contributed by atoms with Gasteiger partial charge in [0.25, 0.3) is 0 Å². The van der Waals surface area contributed by atoms with E-state index in [1.54, 1.807) is 6.07 Å². The second-order valence-electron chi connectivity index (χ2n) is 5.39. The molecule has 0 amide bonds. The predicted octanol–water partition coefficient (Wildman–Crippen LogP) is 4.98. The Kier molecular flexibility index (Phi) is 5.27. The highest BCUT2D eigenvalue weighted by atomic mass is 79.9. The summed E-state index contributed by atoms with van der Waals surface area (Å²) in [7, 11) is 0. The number of rotatable bonds is 5. The molecule has 0 bridgehead atoms.